The van der Waals surface area contributed by atoms with E-state index < -0.39 is 0 Å². The zero-order valence-corrected chi connectivity index (χ0v) is 22.5. The Hall–Kier alpha value is -0.510. The fraction of sp³-hybridized carbons (Fsp3) is 0.793. The van der Waals surface area contributed by atoms with Crippen molar-refractivity contribution in [1.29, 1.82) is 0 Å². The Labute approximate surface area is 204 Å². The monoisotopic (exact) mass is 464 g/mol. The highest BCUT2D eigenvalue weighted by Crippen LogP contribution is 2.23. The van der Waals surface area contributed by atoms with Crippen LogP contribution >= 0.6 is 11.8 Å². The van der Waals surface area contributed by atoms with Crippen LogP contribution in [0.15, 0.2) is 30.3 Å². The van der Waals surface area contributed by atoms with Gasteiger partial charge in [-0.15, -0.1) is 0 Å². The third-order valence-electron chi connectivity index (χ3n) is 5.86. The molecule has 32 heavy (non-hydrogen) atoms. The van der Waals surface area contributed by atoms with Crippen molar-refractivity contribution in [1.82, 2.24) is 0 Å². The quantitative estimate of drug-likeness (QED) is 0.169. The number of unbranched alkanes of at least 4 members (excludes halogenated alkanes) is 11. The summed E-state index contributed by atoms with van der Waals surface area (Å²) in [4.78, 5) is 0. The van der Waals surface area contributed by atoms with Crippen molar-refractivity contribution >= 4 is 11.8 Å². The van der Waals surface area contributed by atoms with E-state index >= 15 is 0 Å². The van der Waals surface area contributed by atoms with E-state index in [-0.39, 0.29) is 11.5 Å². The third-order valence-corrected chi connectivity index (χ3v) is 6.56. The minimum Gasteiger partial charge on any atom is -0.379 e. The number of thioether (sulfide) groups is 1. The second-order valence-electron chi connectivity index (χ2n) is 10.5. The summed E-state index contributed by atoms with van der Waals surface area (Å²) in [5, 5.41) is 0. The van der Waals surface area contributed by atoms with Crippen LogP contribution in [0.2, 0.25) is 0 Å². The Bertz CT molecular complexity index is 512. The zero-order chi connectivity index (χ0) is 23.3. The summed E-state index contributed by atoms with van der Waals surface area (Å²) < 4.78 is 12.2. The first-order valence-electron chi connectivity index (χ1n) is 13.2. The van der Waals surface area contributed by atoms with Crippen LogP contribution in [0.1, 0.15) is 110 Å². The van der Waals surface area contributed by atoms with E-state index in [1.807, 2.05) is 11.8 Å². The summed E-state index contributed by atoms with van der Waals surface area (Å²) in [7, 11) is 0. The van der Waals surface area contributed by atoms with E-state index in [1.165, 1.54) is 88.4 Å². The second kappa shape index (κ2) is 19.9. The molecule has 1 atom stereocenters. The van der Waals surface area contributed by atoms with Gasteiger partial charge in [-0.25, -0.2) is 0 Å². The van der Waals surface area contributed by atoms with Crippen molar-refractivity contribution in [2.45, 2.75) is 117 Å². The van der Waals surface area contributed by atoms with Crippen molar-refractivity contribution in [2.24, 2.45) is 5.41 Å². The summed E-state index contributed by atoms with van der Waals surface area (Å²) in [6.07, 6.45) is 20.0. The SMILES string of the molecule is CSCCCCCCCCCCCCCCOCC(CC(C)(C)C)OCc1ccccc1. The van der Waals surface area contributed by atoms with Gasteiger partial charge in [0.05, 0.1) is 19.3 Å². The van der Waals surface area contributed by atoms with Gasteiger partial charge in [-0.2, -0.15) is 11.8 Å². The van der Waals surface area contributed by atoms with Crippen molar-refractivity contribution in [2.75, 3.05) is 25.2 Å². The van der Waals surface area contributed by atoms with Gasteiger partial charge in [0.2, 0.25) is 0 Å². The van der Waals surface area contributed by atoms with Crippen LogP contribution < -0.4 is 0 Å². The number of ether oxygens (including phenoxy) is 2. The van der Waals surface area contributed by atoms with E-state index in [9.17, 15) is 0 Å². The molecule has 0 amide bonds. The molecule has 0 saturated heterocycles. The molecular formula is C29H52O2S. The van der Waals surface area contributed by atoms with Gasteiger partial charge in [-0.1, -0.05) is 115 Å². The highest BCUT2D eigenvalue weighted by molar-refractivity contribution is 7.98. The summed E-state index contributed by atoms with van der Waals surface area (Å²) in [6, 6.07) is 10.5. The molecule has 3 heteroatoms. The Morgan fingerprint density at radius 3 is 1.81 bits per heavy atom. The third kappa shape index (κ3) is 19.0. The van der Waals surface area contributed by atoms with E-state index in [4.69, 9.17) is 9.47 Å². The van der Waals surface area contributed by atoms with Crippen LogP contribution in [0.4, 0.5) is 0 Å². The highest BCUT2D eigenvalue weighted by atomic mass is 32.2. The molecule has 0 aliphatic rings. The molecule has 0 radical (unpaired) electrons. The molecule has 0 N–H and O–H groups in total. The molecule has 0 saturated carbocycles. The summed E-state index contributed by atoms with van der Waals surface area (Å²) in [6.45, 7) is 9.08. The fourth-order valence-corrected chi connectivity index (χ4v) is 4.56. The van der Waals surface area contributed by atoms with E-state index in [1.54, 1.807) is 0 Å². The van der Waals surface area contributed by atoms with Gasteiger partial charge in [-0.3, -0.25) is 0 Å². The molecule has 0 bridgehead atoms. The molecule has 1 unspecified atom stereocenters. The topological polar surface area (TPSA) is 18.5 Å². The molecule has 1 rings (SSSR count). The van der Waals surface area contributed by atoms with Crippen LogP contribution in [0.5, 0.6) is 0 Å². The Balaban J connectivity index is 1.97. The Morgan fingerprint density at radius 2 is 1.28 bits per heavy atom. The standard InChI is InChI=1S/C29H52O2S/c1-29(2,3)24-28(31-25-27-20-16-15-17-21-27)26-30-22-18-13-11-9-7-5-6-8-10-12-14-19-23-32-4/h15-17,20-21,28H,5-14,18-19,22-26H2,1-4H3. The normalized spacial score (nSPS) is 12.9. The van der Waals surface area contributed by atoms with Crippen molar-refractivity contribution in [3.05, 3.63) is 35.9 Å². The molecule has 1 aromatic carbocycles. The first kappa shape index (κ1) is 29.5. The lowest BCUT2D eigenvalue weighted by molar-refractivity contribution is -0.0430. The number of rotatable bonds is 21. The predicted molar refractivity (Wildman–Crippen MR) is 144 cm³/mol. The Kier molecular flexibility index (Phi) is 18.4. The predicted octanol–water partition coefficient (Wildman–Crippen LogP) is 9.07. The number of benzene rings is 1. The van der Waals surface area contributed by atoms with Gasteiger partial charge >= 0.3 is 0 Å². The zero-order valence-electron chi connectivity index (χ0n) is 21.7. The lowest BCUT2D eigenvalue weighted by Gasteiger charge is -2.26. The fourth-order valence-electron chi connectivity index (χ4n) is 4.07. The van der Waals surface area contributed by atoms with Gasteiger partial charge in [0, 0.05) is 6.61 Å². The van der Waals surface area contributed by atoms with E-state index in [0.717, 1.165) is 13.0 Å². The molecule has 0 fully saturated rings. The summed E-state index contributed by atoms with van der Waals surface area (Å²) in [5.41, 5.74) is 1.48. The van der Waals surface area contributed by atoms with Gasteiger partial charge < -0.3 is 9.47 Å². The number of hydrogen-bond donors (Lipinski definition) is 0. The molecule has 186 valence electrons. The molecular weight excluding hydrogens is 412 g/mol. The maximum absolute atomic E-state index is 6.20. The Morgan fingerprint density at radius 1 is 0.750 bits per heavy atom. The largest absolute Gasteiger partial charge is 0.379 e. The first-order valence-corrected chi connectivity index (χ1v) is 14.6. The maximum Gasteiger partial charge on any atom is 0.0818 e. The lowest BCUT2D eigenvalue weighted by Crippen LogP contribution is -2.26. The second-order valence-corrected chi connectivity index (χ2v) is 11.5. The van der Waals surface area contributed by atoms with Gasteiger partial charge in [-0.05, 0) is 42.2 Å². The smallest absolute Gasteiger partial charge is 0.0818 e. The summed E-state index contributed by atoms with van der Waals surface area (Å²) in [5.74, 6) is 1.34. The molecule has 1 aromatic rings. The minimum absolute atomic E-state index is 0.167. The lowest BCUT2D eigenvalue weighted by atomic mass is 9.89. The van der Waals surface area contributed by atoms with Crippen LogP contribution in [-0.2, 0) is 16.1 Å². The minimum atomic E-state index is 0.167. The first-order chi connectivity index (χ1) is 15.5. The van der Waals surface area contributed by atoms with Gasteiger partial charge in [0.1, 0.15) is 0 Å². The average molecular weight is 465 g/mol. The van der Waals surface area contributed by atoms with Crippen molar-refractivity contribution in [3.63, 3.8) is 0 Å². The molecule has 0 aromatic heterocycles. The summed E-state index contributed by atoms with van der Waals surface area (Å²) >= 11 is 1.98. The van der Waals surface area contributed by atoms with Crippen LogP contribution in [0.3, 0.4) is 0 Å². The van der Waals surface area contributed by atoms with E-state index in [0.29, 0.717) is 13.2 Å². The molecule has 0 aliphatic heterocycles. The molecule has 2 nitrogen and oxygen atoms in total. The van der Waals surface area contributed by atoms with Gasteiger partial charge in [0.15, 0.2) is 0 Å². The van der Waals surface area contributed by atoms with Crippen LogP contribution in [0.25, 0.3) is 0 Å². The molecule has 0 aliphatic carbocycles. The maximum atomic E-state index is 6.20. The van der Waals surface area contributed by atoms with Crippen molar-refractivity contribution in [3.8, 4) is 0 Å². The highest BCUT2D eigenvalue weighted by Gasteiger charge is 2.19. The van der Waals surface area contributed by atoms with Crippen LogP contribution in [0, 0.1) is 5.41 Å². The van der Waals surface area contributed by atoms with Gasteiger partial charge in [0.25, 0.3) is 0 Å². The van der Waals surface area contributed by atoms with Crippen molar-refractivity contribution < 1.29 is 9.47 Å². The van der Waals surface area contributed by atoms with E-state index in [2.05, 4.69) is 57.4 Å². The molecule has 0 spiro atoms. The molecule has 0 heterocycles. The number of hydrogen-bond acceptors (Lipinski definition) is 3. The average Bonchev–Trinajstić information content (AvgIpc) is 2.76. The van der Waals surface area contributed by atoms with Crippen LogP contribution in [-0.4, -0.2) is 31.3 Å².